The van der Waals surface area contributed by atoms with E-state index in [9.17, 15) is 4.79 Å². The molecule has 1 N–H and O–H groups in total. The molecule has 0 unspecified atom stereocenters. The van der Waals surface area contributed by atoms with Crippen molar-refractivity contribution in [1.29, 1.82) is 0 Å². The van der Waals surface area contributed by atoms with Crippen LogP contribution < -0.4 is 10.3 Å². The first-order valence-electron chi connectivity index (χ1n) is 5.84. The number of ether oxygens (including phenoxy) is 1. The molecule has 18 heavy (non-hydrogen) atoms. The van der Waals surface area contributed by atoms with Crippen LogP contribution in [0.2, 0.25) is 0 Å². The molecule has 2 rings (SSSR count). The zero-order valence-corrected chi connectivity index (χ0v) is 10.7. The third-order valence-electron chi connectivity index (χ3n) is 2.59. The van der Waals surface area contributed by atoms with Gasteiger partial charge in [0, 0.05) is 23.2 Å². The Morgan fingerprint density at radius 1 is 1.33 bits per heavy atom. The highest BCUT2D eigenvalue weighted by atomic mass is 16.5. The summed E-state index contributed by atoms with van der Waals surface area (Å²) in [5.41, 5.74) is 1.23. The highest BCUT2D eigenvalue weighted by molar-refractivity contribution is 5.88. The van der Waals surface area contributed by atoms with E-state index in [-0.39, 0.29) is 11.6 Å². The average Bonchev–Trinajstić information content (AvgIpc) is 2.35. The number of fused-ring (bicyclic) bond motifs is 1. The number of rotatable bonds is 3. The van der Waals surface area contributed by atoms with Gasteiger partial charge in [0.2, 0.25) is 0 Å². The first-order valence-corrected chi connectivity index (χ1v) is 5.84. The molecule has 0 atom stereocenters. The lowest BCUT2D eigenvalue weighted by molar-refractivity contribution is 0.415. The van der Waals surface area contributed by atoms with Crippen LogP contribution in [-0.2, 0) is 0 Å². The van der Waals surface area contributed by atoms with Crippen molar-refractivity contribution in [2.45, 2.75) is 19.9 Å². The Hall–Kier alpha value is -2.10. The Morgan fingerprint density at radius 3 is 2.78 bits per heavy atom. The Morgan fingerprint density at radius 2 is 2.11 bits per heavy atom. The van der Waals surface area contributed by atoms with E-state index in [0.29, 0.717) is 5.56 Å². The number of hydrogen-bond donors (Lipinski definition) is 1. The van der Waals surface area contributed by atoms with Gasteiger partial charge in [-0.05, 0) is 38.1 Å². The summed E-state index contributed by atoms with van der Waals surface area (Å²) in [4.78, 5) is 18.9. The van der Waals surface area contributed by atoms with Crippen molar-refractivity contribution in [3.8, 4) is 5.75 Å². The SMILES string of the molecule is COc1ccc2[nH]c(=O)c(C=NC(C)C)cc2c1. The topological polar surface area (TPSA) is 54.5 Å². The maximum Gasteiger partial charge on any atom is 0.257 e. The maximum absolute atomic E-state index is 11.8. The van der Waals surface area contributed by atoms with E-state index in [1.165, 1.54) is 0 Å². The molecule has 0 aliphatic rings. The number of H-pyrrole nitrogens is 1. The Labute approximate surface area is 105 Å². The van der Waals surface area contributed by atoms with E-state index >= 15 is 0 Å². The lowest BCUT2D eigenvalue weighted by atomic mass is 10.1. The second-order valence-electron chi connectivity index (χ2n) is 4.38. The number of aromatic amines is 1. The van der Waals surface area contributed by atoms with Gasteiger partial charge in [-0.2, -0.15) is 0 Å². The van der Waals surface area contributed by atoms with Crippen LogP contribution >= 0.6 is 0 Å². The van der Waals surface area contributed by atoms with E-state index in [0.717, 1.165) is 16.7 Å². The molecule has 1 aromatic heterocycles. The summed E-state index contributed by atoms with van der Waals surface area (Å²) in [6.07, 6.45) is 1.61. The first kappa shape index (κ1) is 12.4. The van der Waals surface area contributed by atoms with Gasteiger partial charge in [0.15, 0.2) is 0 Å². The molecule has 0 saturated carbocycles. The number of methoxy groups -OCH3 is 1. The molecule has 0 saturated heterocycles. The highest BCUT2D eigenvalue weighted by Gasteiger charge is 2.02. The third-order valence-corrected chi connectivity index (χ3v) is 2.59. The van der Waals surface area contributed by atoms with Gasteiger partial charge in [0.1, 0.15) is 5.75 Å². The van der Waals surface area contributed by atoms with Gasteiger partial charge in [-0.25, -0.2) is 0 Å². The number of hydrogen-bond acceptors (Lipinski definition) is 3. The van der Waals surface area contributed by atoms with Gasteiger partial charge >= 0.3 is 0 Å². The predicted octanol–water partition coefficient (Wildman–Crippen LogP) is 2.36. The third kappa shape index (κ3) is 2.59. The van der Waals surface area contributed by atoms with Crippen LogP contribution in [0.3, 0.4) is 0 Å². The summed E-state index contributed by atoms with van der Waals surface area (Å²) in [5.74, 6) is 0.765. The van der Waals surface area contributed by atoms with Crippen LogP contribution in [0.25, 0.3) is 10.9 Å². The number of pyridine rings is 1. The van der Waals surface area contributed by atoms with Crippen molar-refractivity contribution in [2.75, 3.05) is 7.11 Å². The van der Waals surface area contributed by atoms with Crippen molar-refractivity contribution in [1.82, 2.24) is 4.98 Å². The van der Waals surface area contributed by atoms with Gasteiger partial charge in [-0.1, -0.05) is 0 Å². The monoisotopic (exact) mass is 244 g/mol. The van der Waals surface area contributed by atoms with Crippen molar-refractivity contribution < 1.29 is 4.74 Å². The van der Waals surface area contributed by atoms with Crippen LogP contribution in [0, 0.1) is 0 Å². The molecule has 0 aliphatic carbocycles. The van der Waals surface area contributed by atoms with Gasteiger partial charge in [-0.3, -0.25) is 9.79 Å². The highest BCUT2D eigenvalue weighted by Crippen LogP contribution is 2.18. The Bertz CT molecular complexity index is 642. The summed E-state index contributed by atoms with van der Waals surface area (Å²) in [6, 6.07) is 7.53. The number of aromatic nitrogens is 1. The fourth-order valence-corrected chi connectivity index (χ4v) is 1.65. The molecule has 0 spiro atoms. The molecule has 0 radical (unpaired) electrons. The Balaban J connectivity index is 2.55. The van der Waals surface area contributed by atoms with E-state index in [1.807, 2.05) is 38.1 Å². The van der Waals surface area contributed by atoms with E-state index in [2.05, 4.69) is 9.98 Å². The minimum absolute atomic E-state index is 0.128. The maximum atomic E-state index is 11.8. The van der Waals surface area contributed by atoms with Crippen LogP contribution in [0.5, 0.6) is 5.75 Å². The van der Waals surface area contributed by atoms with Gasteiger partial charge < -0.3 is 9.72 Å². The molecule has 0 aliphatic heterocycles. The molecule has 0 fully saturated rings. The fraction of sp³-hybridized carbons (Fsp3) is 0.286. The second-order valence-corrected chi connectivity index (χ2v) is 4.38. The first-order chi connectivity index (χ1) is 8.60. The van der Waals surface area contributed by atoms with E-state index < -0.39 is 0 Å². The van der Waals surface area contributed by atoms with Gasteiger partial charge in [0.25, 0.3) is 5.56 Å². The zero-order chi connectivity index (χ0) is 13.1. The van der Waals surface area contributed by atoms with Crippen molar-refractivity contribution >= 4 is 17.1 Å². The van der Waals surface area contributed by atoms with Gasteiger partial charge in [-0.15, -0.1) is 0 Å². The molecule has 4 nitrogen and oxygen atoms in total. The predicted molar refractivity (Wildman–Crippen MR) is 73.9 cm³/mol. The van der Waals surface area contributed by atoms with Crippen LogP contribution in [0.4, 0.5) is 0 Å². The van der Waals surface area contributed by atoms with Crippen LogP contribution in [-0.4, -0.2) is 24.4 Å². The minimum Gasteiger partial charge on any atom is -0.497 e. The number of aliphatic imine (C=N–C) groups is 1. The minimum atomic E-state index is -0.128. The van der Waals surface area contributed by atoms with Gasteiger partial charge in [0.05, 0.1) is 12.7 Å². The van der Waals surface area contributed by atoms with Crippen molar-refractivity contribution in [3.05, 3.63) is 40.2 Å². The summed E-state index contributed by atoms with van der Waals surface area (Å²) in [5, 5.41) is 0.930. The molecule has 1 aromatic carbocycles. The largest absolute Gasteiger partial charge is 0.497 e. The molecule has 1 heterocycles. The van der Waals surface area contributed by atoms with Crippen LogP contribution in [0.15, 0.2) is 34.1 Å². The van der Waals surface area contributed by atoms with E-state index in [4.69, 9.17) is 4.74 Å². The average molecular weight is 244 g/mol. The molecular weight excluding hydrogens is 228 g/mol. The standard InChI is InChI=1S/C14H16N2O2/c1-9(2)15-8-11-6-10-7-12(18-3)4-5-13(10)16-14(11)17/h4-9H,1-3H3,(H,16,17). The number of benzene rings is 1. The van der Waals surface area contributed by atoms with Crippen LogP contribution in [0.1, 0.15) is 19.4 Å². The molecule has 2 aromatic rings. The van der Waals surface area contributed by atoms with Crippen molar-refractivity contribution in [3.63, 3.8) is 0 Å². The molecule has 0 amide bonds. The Kier molecular flexibility index (Phi) is 3.46. The smallest absolute Gasteiger partial charge is 0.257 e. The fourth-order valence-electron chi connectivity index (χ4n) is 1.65. The van der Waals surface area contributed by atoms with E-state index in [1.54, 1.807) is 13.3 Å². The number of nitrogens with zero attached hydrogens (tertiary/aromatic N) is 1. The molecule has 4 heteroatoms. The summed E-state index contributed by atoms with van der Waals surface area (Å²) in [6.45, 7) is 3.93. The molecular formula is C14H16N2O2. The lowest BCUT2D eigenvalue weighted by Gasteiger charge is -2.03. The molecule has 0 bridgehead atoms. The lowest BCUT2D eigenvalue weighted by Crippen LogP contribution is -2.12. The summed E-state index contributed by atoms with van der Waals surface area (Å²) >= 11 is 0. The molecule has 94 valence electrons. The second kappa shape index (κ2) is 5.04. The number of nitrogens with one attached hydrogen (secondary N) is 1. The quantitative estimate of drug-likeness (QED) is 0.843. The van der Waals surface area contributed by atoms with Crippen molar-refractivity contribution in [2.24, 2.45) is 4.99 Å². The summed E-state index contributed by atoms with van der Waals surface area (Å²) in [7, 11) is 1.62. The summed E-state index contributed by atoms with van der Waals surface area (Å²) < 4.78 is 5.16. The normalized spacial score (nSPS) is 11.6. The zero-order valence-electron chi connectivity index (χ0n) is 10.7.